The summed E-state index contributed by atoms with van der Waals surface area (Å²) in [5.41, 5.74) is 0. The SMILES string of the molecule is CC/C=C\C/C=C\C/C=C\C/C=C\C/C=C\CCCCCCCC(=O)NC(COP(=O)(O)OCC(O)COC(=O)CCCCCCCCCCCCC/C=C\C/C=C\CCCCC)C(=O)O. The van der Waals surface area contributed by atoms with Crippen LogP contribution in [0.15, 0.2) is 85.1 Å². The first-order chi connectivity index (χ1) is 32.1. The number of unbranched alkanes of at least 4 members (excludes halogenated alkanes) is 19. The average molecular weight is 946 g/mol. The highest BCUT2D eigenvalue weighted by molar-refractivity contribution is 7.47. The number of aliphatic hydroxyl groups is 1. The maximum Gasteiger partial charge on any atom is 0.472 e. The first-order valence-electron chi connectivity index (χ1n) is 25.6. The van der Waals surface area contributed by atoms with Gasteiger partial charge in [0.05, 0.1) is 13.2 Å². The molecule has 0 saturated carbocycles. The van der Waals surface area contributed by atoms with Crippen LogP contribution in [-0.2, 0) is 32.7 Å². The van der Waals surface area contributed by atoms with Crippen molar-refractivity contribution >= 4 is 25.7 Å². The monoisotopic (exact) mass is 946 g/mol. The Morgan fingerprint density at radius 2 is 0.879 bits per heavy atom. The maximum atomic E-state index is 12.4. The van der Waals surface area contributed by atoms with Gasteiger partial charge < -0.3 is 25.2 Å². The summed E-state index contributed by atoms with van der Waals surface area (Å²) >= 11 is 0. The second-order valence-electron chi connectivity index (χ2n) is 17.0. The number of phosphoric ester groups is 1. The number of allylic oxidation sites excluding steroid dienone is 14. The van der Waals surface area contributed by atoms with E-state index in [1.807, 2.05) is 0 Å². The zero-order valence-corrected chi connectivity index (χ0v) is 42.1. The minimum Gasteiger partial charge on any atom is -0.480 e. The minimum atomic E-state index is -4.77. The van der Waals surface area contributed by atoms with Gasteiger partial charge in [-0.05, 0) is 89.9 Å². The van der Waals surface area contributed by atoms with Crippen molar-refractivity contribution in [3.63, 3.8) is 0 Å². The van der Waals surface area contributed by atoms with Gasteiger partial charge in [0.2, 0.25) is 5.91 Å². The van der Waals surface area contributed by atoms with Crippen LogP contribution >= 0.6 is 7.82 Å². The Labute approximate surface area is 401 Å². The zero-order chi connectivity index (χ0) is 48.4. The fraction of sp³-hybridized carbons (Fsp3) is 0.685. The molecule has 4 N–H and O–H groups in total. The van der Waals surface area contributed by atoms with Crippen LogP contribution in [0.3, 0.4) is 0 Å². The number of amides is 1. The number of aliphatic hydroxyl groups excluding tert-OH is 1. The van der Waals surface area contributed by atoms with Crippen LogP contribution in [0.25, 0.3) is 0 Å². The number of hydrogen-bond acceptors (Lipinski definition) is 8. The largest absolute Gasteiger partial charge is 0.480 e. The van der Waals surface area contributed by atoms with E-state index in [4.69, 9.17) is 13.8 Å². The molecule has 12 heteroatoms. The van der Waals surface area contributed by atoms with E-state index in [1.165, 1.54) is 77.0 Å². The maximum absolute atomic E-state index is 12.4. The Hall–Kier alpha value is -3.34. The Bertz CT molecular complexity index is 1440. The van der Waals surface area contributed by atoms with Gasteiger partial charge in [0.15, 0.2) is 6.04 Å². The Kier molecular flexibility index (Phi) is 45.7. The third-order valence-electron chi connectivity index (χ3n) is 10.7. The zero-order valence-electron chi connectivity index (χ0n) is 41.2. The lowest BCUT2D eigenvalue weighted by atomic mass is 10.0. The quantitative estimate of drug-likeness (QED) is 0.0199. The first-order valence-corrected chi connectivity index (χ1v) is 27.1. The summed E-state index contributed by atoms with van der Waals surface area (Å²) in [5.74, 6) is -2.41. The van der Waals surface area contributed by atoms with Crippen LogP contribution in [0.4, 0.5) is 0 Å². The molecule has 0 aromatic carbocycles. The number of nitrogens with one attached hydrogen (secondary N) is 1. The van der Waals surface area contributed by atoms with Crippen molar-refractivity contribution in [2.45, 2.75) is 219 Å². The highest BCUT2D eigenvalue weighted by atomic mass is 31.2. The smallest absolute Gasteiger partial charge is 0.472 e. The molecular weight excluding hydrogens is 854 g/mol. The molecule has 3 atom stereocenters. The fourth-order valence-electron chi connectivity index (χ4n) is 6.72. The Balaban J connectivity index is 3.88. The second kappa shape index (κ2) is 48.1. The van der Waals surface area contributed by atoms with E-state index in [0.717, 1.165) is 89.9 Å². The molecule has 0 aliphatic rings. The minimum absolute atomic E-state index is 0.119. The predicted molar refractivity (Wildman–Crippen MR) is 272 cm³/mol. The van der Waals surface area contributed by atoms with Gasteiger partial charge in [-0.3, -0.25) is 18.6 Å². The molecule has 0 aliphatic heterocycles. The van der Waals surface area contributed by atoms with Crippen LogP contribution in [-0.4, -0.2) is 64.9 Å². The lowest BCUT2D eigenvalue weighted by molar-refractivity contribution is -0.147. The molecule has 66 heavy (non-hydrogen) atoms. The van der Waals surface area contributed by atoms with E-state index in [1.54, 1.807) is 0 Å². The number of aliphatic carboxylic acids is 1. The summed E-state index contributed by atoms with van der Waals surface area (Å²) in [4.78, 5) is 46.1. The molecule has 0 aliphatic carbocycles. The van der Waals surface area contributed by atoms with Gasteiger partial charge in [-0.25, -0.2) is 9.36 Å². The molecule has 3 unspecified atom stereocenters. The highest BCUT2D eigenvalue weighted by Crippen LogP contribution is 2.43. The molecule has 0 aromatic heterocycles. The average Bonchev–Trinajstić information content (AvgIpc) is 3.29. The molecular formula is C54H92NO10P. The van der Waals surface area contributed by atoms with Crippen molar-refractivity contribution < 1.29 is 47.8 Å². The van der Waals surface area contributed by atoms with Crippen molar-refractivity contribution in [1.29, 1.82) is 0 Å². The van der Waals surface area contributed by atoms with E-state index >= 15 is 0 Å². The molecule has 0 aromatic rings. The third-order valence-corrected chi connectivity index (χ3v) is 11.6. The van der Waals surface area contributed by atoms with Crippen molar-refractivity contribution in [3.05, 3.63) is 85.1 Å². The number of carboxylic acids is 1. The Morgan fingerprint density at radius 3 is 1.32 bits per heavy atom. The summed E-state index contributed by atoms with van der Waals surface area (Å²) < 4.78 is 27.0. The number of ether oxygens (including phenoxy) is 1. The van der Waals surface area contributed by atoms with Crippen LogP contribution in [0.2, 0.25) is 0 Å². The van der Waals surface area contributed by atoms with Crippen LogP contribution in [0.1, 0.15) is 206 Å². The van der Waals surface area contributed by atoms with Gasteiger partial charge in [0.25, 0.3) is 0 Å². The molecule has 11 nitrogen and oxygen atoms in total. The normalized spacial score (nSPS) is 14.2. The third kappa shape index (κ3) is 47.2. The molecule has 0 fully saturated rings. The predicted octanol–water partition coefficient (Wildman–Crippen LogP) is 14.2. The molecule has 0 saturated heterocycles. The van der Waals surface area contributed by atoms with Gasteiger partial charge >= 0.3 is 19.8 Å². The number of carbonyl (C=O) groups excluding carboxylic acids is 2. The number of phosphoric acid groups is 1. The summed E-state index contributed by atoms with van der Waals surface area (Å²) in [5, 5.41) is 21.9. The van der Waals surface area contributed by atoms with E-state index in [-0.39, 0.29) is 12.8 Å². The molecule has 0 heterocycles. The Morgan fingerprint density at radius 1 is 0.500 bits per heavy atom. The lowest BCUT2D eigenvalue weighted by Gasteiger charge is -2.18. The van der Waals surface area contributed by atoms with Gasteiger partial charge in [-0.2, -0.15) is 0 Å². The number of rotatable bonds is 47. The van der Waals surface area contributed by atoms with Gasteiger partial charge in [-0.15, -0.1) is 0 Å². The number of esters is 1. The lowest BCUT2D eigenvalue weighted by Crippen LogP contribution is -2.43. The van der Waals surface area contributed by atoms with E-state index in [0.29, 0.717) is 12.8 Å². The van der Waals surface area contributed by atoms with E-state index in [9.17, 15) is 34.1 Å². The molecule has 0 bridgehead atoms. The standard InChI is InChI=1S/C54H92NO10P/c1-3-5-7-9-11-13-15-17-19-21-23-25-27-29-31-33-35-37-39-41-43-45-52(57)55-51(54(59)60)49-65-66(61,62)64-48-50(56)47-63-53(58)46-44-42-40-38-36-34-32-30-28-26-24-22-20-18-16-14-12-10-8-6-4-2/h5,7,11-14,17-20,23,25,29,31,50-51,56H,3-4,6,8-10,15-16,21-22,24,26-28,30,32-49H2,1-2H3,(H,55,57)(H,59,60)(H,61,62)/b7-5-,13-11-,14-12-,19-17-,20-18-,25-23-,31-29-. The summed E-state index contributed by atoms with van der Waals surface area (Å²) in [7, 11) is -4.77. The van der Waals surface area contributed by atoms with Crippen molar-refractivity contribution in [2.75, 3.05) is 19.8 Å². The number of carboxylic acid groups (broad SMARTS) is 1. The first kappa shape index (κ1) is 62.7. The van der Waals surface area contributed by atoms with Gasteiger partial charge in [0, 0.05) is 12.8 Å². The van der Waals surface area contributed by atoms with Gasteiger partial charge in [0.1, 0.15) is 12.7 Å². The topological polar surface area (TPSA) is 169 Å². The fourth-order valence-corrected chi connectivity index (χ4v) is 7.50. The summed E-state index contributed by atoms with van der Waals surface area (Å²) in [6.45, 7) is 2.45. The summed E-state index contributed by atoms with van der Waals surface area (Å²) in [6.07, 6.45) is 60.3. The number of carbonyl (C=O) groups is 3. The second-order valence-corrected chi connectivity index (χ2v) is 18.4. The van der Waals surface area contributed by atoms with Gasteiger partial charge in [-0.1, -0.05) is 189 Å². The molecule has 1 amide bonds. The number of hydrogen-bond donors (Lipinski definition) is 4. The van der Waals surface area contributed by atoms with E-state index < -0.39 is 57.6 Å². The highest BCUT2D eigenvalue weighted by Gasteiger charge is 2.28. The molecule has 378 valence electrons. The summed E-state index contributed by atoms with van der Waals surface area (Å²) in [6, 6.07) is -1.56. The van der Waals surface area contributed by atoms with Crippen LogP contribution in [0.5, 0.6) is 0 Å². The molecule has 0 rings (SSSR count). The van der Waals surface area contributed by atoms with Crippen molar-refractivity contribution in [2.24, 2.45) is 0 Å². The van der Waals surface area contributed by atoms with Crippen molar-refractivity contribution in [3.8, 4) is 0 Å². The van der Waals surface area contributed by atoms with Crippen LogP contribution < -0.4 is 5.32 Å². The van der Waals surface area contributed by atoms with Crippen LogP contribution in [0, 0.1) is 0 Å². The molecule has 0 spiro atoms. The van der Waals surface area contributed by atoms with E-state index in [2.05, 4.69) is 104 Å². The molecule has 0 radical (unpaired) electrons. The van der Waals surface area contributed by atoms with Crippen molar-refractivity contribution in [1.82, 2.24) is 5.32 Å².